The van der Waals surface area contributed by atoms with Gasteiger partial charge in [-0.05, 0) is 18.8 Å². The van der Waals surface area contributed by atoms with Crippen LogP contribution in [0, 0.1) is 5.92 Å². The summed E-state index contributed by atoms with van der Waals surface area (Å²) in [6.07, 6.45) is -0.284. The Morgan fingerprint density at radius 2 is 2.00 bits per heavy atom. The van der Waals surface area contributed by atoms with Crippen molar-refractivity contribution in [3.63, 3.8) is 0 Å². The molecule has 0 aromatic heterocycles. The largest absolute Gasteiger partial charge is 0.370 e. The lowest BCUT2D eigenvalue weighted by atomic mass is 10.00. The van der Waals surface area contributed by atoms with Gasteiger partial charge in [0.05, 0.1) is 0 Å². The summed E-state index contributed by atoms with van der Waals surface area (Å²) >= 11 is 0. The molecule has 1 aliphatic heterocycles. The van der Waals surface area contributed by atoms with E-state index in [4.69, 9.17) is 5.73 Å². The Kier molecular flexibility index (Phi) is 7.12. The first kappa shape index (κ1) is 14.9. The Morgan fingerprint density at radius 1 is 1.47 bits per heavy atom. The minimum absolute atomic E-state index is 0. The van der Waals surface area contributed by atoms with Gasteiger partial charge in [0.25, 0.3) is 6.43 Å². The van der Waals surface area contributed by atoms with Gasteiger partial charge in [-0.15, -0.1) is 24.0 Å². The zero-order valence-electron chi connectivity index (χ0n) is 8.83. The van der Waals surface area contributed by atoms with Crippen molar-refractivity contribution in [1.82, 2.24) is 4.90 Å². The topological polar surface area (TPSA) is 41.6 Å². The molecular weight excluding hydrogens is 315 g/mol. The van der Waals surface area contributed by atoms with Gasteiger partial charge in [-0.3, -0.25) is 0 Å². The average Bonchev–Trinajstić information content (AvgIpc) is 2.15. The summed E-state index contributed by atoms with van der Waals surface area (Å²) in [5, 5.41) is 0. The van der Waals surface area contributed by atoms with Crippen LogP contribution in [0.4, 0.5) is 8.78 Å². The molecule has 1 saturated heterocycles. The van der Waals surface area contributed by atoms with Gasteiger partial charge in [-0.25, -0.2) is 13.8 Å². The summed E-state index contributed by atoms with van der Waals surface area (Å²) in [4.78, 5) is 5.52. The highest BCUT2D eigenvalue weighted by Crippen LogP contribution is 2.15. The van der Waals surface area contributed by atoms with Crippen molar-refractivity contribution in [1.29, 1.82) is 0 Å². The van der Waals surface area contributed by atoms with Crippen molar-refractivity contribution in [2.45, 2.75) is 26.2 Å². The molecule has 0 amide bonds. The van der Waals surface area contributed by atoms with E-state index < -0.39 is 13.0 Å². The molecule has 1 rings (SSSR count). The molecule has 0 unspecified atom stereocenters. The molecule has 0 bridgehead atoms. The Labute approximate surface area is 106 Å². The highest BCUT2D eigenvalue weighted by atomic mass is 127. The van der Waals surface area contributed by atoms with Gasteiger partial charge >= 0.3 is 0 Å². The summed E-state index contributed by atoms with van der Waals surface area (Å²) in [6, 6.07) is 0. The molecule has 0 atom stereocenters. The first-order valence-corrected chi connectivity index (χ1v) is 4.92. The highest BCUT2D eigenvalue weighted by molar-refractivity contribution is 14.0. The van der Waals surface area contributed by atoms with Gasteiger partial charge in [0.1, 0.15) is 6.54 Å². The van der Waals surface area contributed by atoms with E-state index in [0.717, 1.165) is 25.9 Å². The van der Waals surface area contributed by atoms with Crippen LogP contribution in [-0.2, 0) is 0 Å². The van der Waals surface area contributed by atoms with E-state index >= 15 is 0 Å². The summed E-state index contributed by atoms with van der Waals surface area (Å²) in [7, 11) is 0. The maximum absolute atomic E-state index is 11.8. The Bertz CT molecular complexity index is 204. The molecule has 6 heteroatoms. The Balaban J connectivity index is 0.00000196. The summed E-state index contributed by atoms with van der Waals surface area (Å²) < 4.78 is 23.7. The third-order valence-corrected chi connectivity index (χ3v) is 2.50. The van der Waals surface area contributed by atoms with Crippen molar-refractivity contribution >= 4 is 29.9 Å². The van der Waals surface area contributed by atoms with Gasteiger partial charge in [0.2, 0.25) is 0 Å². The van der Waals surface area contributed by atoms with E-state index in [1.54, 1.807) is 0 Å². The van der Waals surface area contributed by atoms with Gasteiger partial charge in [-0.2, -0.15) is 0 Å². The third-order valence-electron chi connectivity index (χ3n) is 2.50. The minimum Gasteiger partial charge on any atom is -0.370 e. The fourth-order valence-corrected chi connectivity index (χ4v) is 1.50. The number of alkyl halides is 2. The molecular formula is C9H18F2IN3. The van der Waals surface area contributed by atoms with E-state index in [-0.39, 0.29) is 29.9 Å². The van der Waals surface area contributed by atoms with E-state index in [1.807, 2.05) is 4.90 Å². The predicted molar refractivity (Wildman–Crippen MR) is 67.9 cm³/mol. The standard InChI is InChI=1S/C9H17F2N3.HI/c1-7-2-4-14(5-3-7)9(12)13-6-8(10)11;/h7-8H,2-6H2,1H3,(H2,12,13);1H. The zero-order valence-corrected chi connectivity index (χ0v) is 11.2. The highest BCUT2D eigenvalue weighted by Gasteiger charge is 2.17. The maximum atomic E-state index is 11.8. The molecule has 3 nitrogen and oxygen atoms in total. The molecule has 0 aliphatic carbocycles. The average molecular weight is 333 g/mol. The Hall–Kier alpha value is -0.140. The number of piperidine rings is 1. The Morgan fingerprint density at radius 3 is 2.47 bits per heavy atom. The second kappa shape index (κ2) is 7.19. The summed E-state index contributed by atoms with van der Waals surface area (Å²) in [5.41, 5.74) is 5.58. The van der Waals surface area contributed by atoms with Crippen molar-refractivity contribution in [3.8, 4) is 0 Å². The fourth-order valence-electron chi connectivity index (χ4n) is 1.50. The van der Waals surface area contributed by atoms with Gasteiger partial charge in [-0.1, -0.05) is 6.92 Å². The molecule has 0 saturated carbocycles. The fraction of sp³-hybridized carbons (Fsp3) is 0.889. The van der Waals surface area contributed by atoms with E-state index in [0.29, 0.717) is 5.92 Å². The normalized spacial score (nSPS) is 19.2. The van der Waals surface area contributed by atoms with Gasteiger partial charge in [0.15, 0.2) is 5.96 Å². The van der Waals surface area contributed by atoms with Crippen molar-refractivity contribution in [2.24, 2.45) is 16.6 Å². The van der Waals surface area contributed by atoms with Gasteiger partial charge in [0, 0.05) is 13.1 Å². The third kappa shape index (κ3) is 5.48. The molecule has 0 radical (unpaired) electrons. The van der Waals surface area contributed by atoms with Crippen LogP contribution >= 0.6 is 24.0 Å². The quantitative estimate of drug-likeness (QED) is 0.477. The number of halogens is 3. The monoisotopic (exact) mass is 333 g/mol. The van der Waals surface area contributed by atoms with E-state index in [9.17, 15) is 8.78 Å². The van der Waals surface area contributed by atoms with E-state index in [2.05, 4.69) is 11.9 Å². The van der Waals surface area contributed by atoms with Crippen LogP contribution in [0.15, 0.2) is 4.99 Å². The lowest BCUT2D eigenvalue weighted by Crippen LogP contribution is -2.42. The number of nitrogens with zero attached hydrogens (tertiary/aromatic N) is 2. The van der Waals surface area contributed by atoms with Crippen LogP contribution in [0.25, 0.3) is 0 Å². The number of hydrogen-bond acceptors (Lipinski definition) is 1. The first-order chi connectivity index (χ1) is 6.59. The second-order valence-corrected chi connectivity index (χ2v) is 3.76. The molecule has 15 heavy (non-hydrogen) atoms. The molecule has 1 heterocycles. The van der Waals surface area contributed by atoms with Gasteiger partial charge < -0.3 is 10.6 Å². The van der Waals surface area contributed by atoms with Crippen molar-refractivity contribution < 1.29 is 8.78 Å². The maximum Gasteiger partial charge on any atom is 0.257 e. The molecule has 2 N–H and O–H groups in total. The van der Waals surface area contributed by atoms with Crippen molar-refractivity contribution in [3.05, 3.63) is 0 Å². The smallest absolute Gasteiger partial charge is 0.257 e. The van der Waals surface area contributed by atoms with Crippen LogP contribution < -0.4 is 5.73 Å². The number of hydrogen-bond donors (Lipinski definition) is 1. The molecule has 1 aliphatic rings. The lowest BCUT2D eigenvalue weighted by Gasteiger charge is -2.30. The number of aliphatic imine (C=N–C) groups is 1. The lowest BCUT2D eigenvalue weighted by molar-refractivity contribution is 0.158. The number of guanidine groups is 1. The molecule has 0 aromatic rings. The minimum atomic E-state index is -2.41. The number of nitrogens with two attached hydrogens (primary N) is 1. The summed E-state index contributed by atoms with van der Waals surface area (Å²) in [5.74, 6) is 0.964. The van der Waals surface area contributed by atoms with Crippen LogP contribution in [0.5, 0.6) is 0 Å². The summed E-state index contributed by atoms with van der Waals surface area (Å²) in [6.45, 7) is 3.36. The first-order valence-electron chi connectivity index (χ1n) is 4.92. The molecule has 90 valence electrons. The molecule has 0 spiro atoms. The zero-order chi connectivity index (χ0) is 10.6. The molecule has 1 fully saturated rings. The number of likely N-dealkylation sites (tertiary alicyclic amines) is 1. The number of rotatable bonds is 2. The van der Waals surface area contributed by atoms with Crippen LogP contribution in [0.3, 0.4) is 0 Å². The SMILES string of the molecule is CC1CCN(C(N)=NCC(F)F)CC1.I. The second-order valence-electron chi connectivity index (χ2n) is 3.76. The van der Waals surface area contributed by atoms with E-state index in [1.165, 1.54) is 0 Å². The van der Waals surface area contributed by atoms with Crippen LogP contribution in [0.1, 0.15) is 19.8 Å². The van der Waals surface area contributed by atoms with Crippen molar-refractivity contribution in [2.75, 3.05) is 19.6 Å². The van der Waals surface area contributed by atoms with Crippen LogP contribution in [0.2, 0.25) is 0 Å². The predicted octanol–water partition coefficient (Wildman–Crippen LogP) is 1.92. The molecule has 0 aromatic carbocycles. The van der Waals surface area contributed by atoms with Crippen LogP contribution in [-0.4, -0.2) is 36.9 Å².